The van der Waals surface area contributed by atoms with E-state index >= 15 is 0 Å². The standard InChI is InChI=1S/C16H14BrN3/c17-15-8-14(9-19-10-15)16(20-18)13-6-5-11-3-1-2-4-12(11)7-13/h1-10,16,20H,18H2. The van der Waals surface area contributed by atoms with Crippen LogP contribution in [0.15, 0.2) is 65.4 Å². The number of benzene rings is 2. The zero-order valence-electron chi connectivity index (χ0n) is 10.8. The predicted molar refractivity (Wildman–Crippen MR) is 85.1 cm³/mol. The number of pyridine rings is 1. The van der Waals surface area contributed by atoms with E-state index in [0.29, 0.717) is 0 Å². The summed E-state index contributed by atoms with van der Waals surface area (Å²) in [5.74, 6) is 5.74. The van der Waals surface area contributed by atoms with Gasteiger partial charge in [-0.15, -0.1) is 0 Å². The maximum atomic E-state index is 5.74. The number of aromatic nitrogens is 1. The molecule has 0 radical (unpaired) electrons. The van der Waals surface area contributed by atoms with Crippen LogP contribution in [0.25, 0.3) is 10.8 Å². The van der Waals surface area contributed by atoms with Crippen molar-refractivity contribution in [1.29, 1.82) is 0 Å². The summed E-state index contributed by atoms with van der Waals surface area (Å²) in [6.45, 7) is 0. The van der Waals surface area contributed by atoms with Gasteiger partial charge in [-0.3, -0.25) is 10.8 Å². The van der Waals surface area contributed by atoms with Gasteiger partial charge < -0.3 is 0 Å². The van der Waals surface area contributed by atoms with Gasteiger partial charge in [0.1, 0.15) is 0 Å². The molecule has 3 N–H and O–H groups in total. The number of rotatable bonds is 3. The Morgan fingerprint density at radius 3 is 2.50 bits per heavy atom. The fourth-order valence-corrected chi connectivity index (χ4v) is 2.74. The number of nitrogens with one attached hydrogen (secondary N) is 1. The smallest absolute Gasteiger partial charge is 0.0725 e. The third-order valence-corrected chi connectivity index (χ3v) is 3.77. The molecular formula is C16H14BrN3. The average molecular weight is 328 g/mol. The maximum Gasteiger partial charge on any atom is 0.0725 e. The average Bonchev–Trinajstić information content (AvgIpc) is 2.48. The quantitative estimate of drug-likeness (QED) is 0.571. The van der Waals surface area contributed by atoms with Crippen molar-refractivity contribution in [2.45, 2.75) is 6.04 Å². The molecule has 3 aromatic rings. The van der Waals surface area contributed by atoms with Crippen LogP contribution in [0.4, 0.5) is 0 Å². The second-order valence-corrected chi connectivity index (χ2v) is 5.56. The second kappa shape index (κ2) is 5.71. The molecule has 3 rings (SSSR count). The fourth-order valence-electron chi connectivity index (χ4n) is 2.36. The molecule has 20 heavy (non-hydrogen) atoms. The lowest BCUT2D eigenvalue weighted by Gasteiger charge is -2.17. The van der Waals surface area contributed by atoms with Crippen molar-refractivity contribution < 1.29 is 0 Å². The first-order valence-electron chi connectivity index (χ1n) is 6.33. The predicted octanol–water partition coefficient (Wildman–Crippen LogP) is 3.55. The number of hydrazine groups is 1. The van der Waals surface area contributed by atoms with Crippen molar-refractivity contribution in [3.05, 3.63) is 76.5 Å². The lowest BCUT2D eigenvalue weighted by atomic mass is 9.98. The number of hydrogen-bond acceptors (Lipinski definition) is 3. The molecule has 0 bridgehead atoms. The Hall–Kier alpha value is -1.75. The molecule has 1 atom stereocenters. The molecule has 0 amide bonds. The highest BCUT2D eigenvalue weighted by Crippen LogP contribution is 2.26. The summed E-state index contributed by atoms with van der Waals surface area (Å²) >= 11 is 3.44. The third-order valence-electron chi connectivity index (χ3n) is 3.33. The number of nitrogens with zero attached hydrogens (tertiary/aromatic N) is 1. The zero-order chi connectivity index (χ0) is 13.9. The van der Waals surface area contributed by atoms with Gasteiger partial charge in [0.25, 0.3) is 0 Å². The molecule has 3 nitrogen and oxygen atoms in total. The van der Waals surface area contributed by atoms with Crippen LogP contribution in [-0.4, -0.2) is 4.98 Å². The Bertz CT molecular complexity index is 742. The molecule has 0 aliphatic rings. The summed E-state index contributed by atoms with van der Waals surface area (Å²) < 4.78 is 0.941. The van der Waals surface area contributed by atoms with Gasteiger partial charge in [0.15, 0.2) is 0 Å². The minimum Gasteiger partial charge on any atom is -0.271 e. The molecule has 4 heteroatoms. The molecule has 0 fully saturated rings. The van der Waals surface area contributed by atoms with Crippen LogP contribution in [0.5, 0.6) is 0 Å². The molecular weight excluding hydrogens is 314 g/mol. The summed E-state index contributed by atoms with van der Waals surface area (Å²) in [4.78, 5) is 4.20. The van der Waals surface area contributed by atoms with Crippen LogP contribution in [0.1, 0.15) is 17.2 Å². The highest BCUT2D eigenvalue weighted by Gasteiger charge is 2.13. The van der Waals surface area contributed by atoms with Crippen molar-refractivity contribution in [1.82, 2.24) is 10.4 Å². The Morgan fingerprint density at radius 2 is 1.75 bits per heavy atom. The van der Waals surface area contributed by atoms with E-state index in [0.717, 1.165) is 15.6 Å². The highest BCUT2D eigenvalue weighted by molar-refractivity contribution is 9.10. The minimum atomic E-state index is -0.0791. The Labute approximate surface area is 125 Å². The lowest BCUT2D eigenvalue weighted by molar-refractivity contribution is 0.635. The van der Waals surface area contributed by atoms with Gasteiger partial charge in [-0.1, -0.05) is 36.4 Å². The molecule has 1 unspecified atom stereocenters. The fraction of sp³-hybridized carbons (Fsp3) is 0.0625. The highest BCUT2D eigenvalue weighted by atomic mass is 79.9. The zero-order valence-corrected chi connectivity index (χ0v) is 12.3. The van der Waals surface area contributed by atoms with Crippen molar-refractivity contribution in [3.8, 4) is 0 Å². The summed E-state index contributed by atoms with van der Waals surface area (Å²) in [5, 5.41) is 2.42. The van der Waals surface area contributed by atoms with Gasteiger partial charge in [0.2, 0.25) is 0 Å². The minimum absolute atomic E-state index is 0.0791. The van der Waals surface area contributed by atoms with Crippen LogP contribution in [0.2, 0.25) is 0 Å². The van der Waals surface area contributed by atoms with Crippen LogP contribution in [-0.2, 0) is 0 Å². The van der Waals surface area contributed by atoms with Crippen molar-refractivity contribution >= 4 is 26.7 Å². The second-order valence-electron chi connectivity index (χ2n) is 4.64. The van der Waals surface area contributed by atoms with Crippen LogP contribution in [0, 0.1) is 0 Å². The molecule has 0 saturated heterocycles. The summed E-state index contributed by atoms with van der Waals surface area (Å²) in [5.41, 5.74) is 5.01. The Kier molecular flexibility index (Phi) is 3.78. The molecule has 0 aliphatic heterocycles. The third kappa shape index (κ3) is 2.58. The molecule has 100 valence electrons. The number of fused-ring (bicyclic) bond motifs is 1. The van der Waals surface area contributed by atoms with E-state index in [9.17, 15) is 0 Å². The topological polar surface area (TPSA) is 50.9 Å². The molecule has 1 heterocycles. The Morgan fingerprint density at radius 1 is 0.950 bits per heavy atom. The normalized spacial score (nSPS) is 12.5. The van der Waals surface area contributed by atoms with Gasteiger partial charge >= 0.3 is 0 Å². The van der Waals surface area contributed by atoms with Crippen molar-refractivity contribution in [3.63, 3.8) is 0 Å². The van der Waals surface area contributed by atoms with Crippen molar-refractivity contribution in [2.75, 3.05) is 0 Å². The van der Waals surface area contributed by atoms with Crippen LogP contribution < -0.4 is 11.3 Å². The van der Waals surface area contributed by atoms with Gasteiger partial charge in [0.05, 0.1) is 6.04 Å². The largest absolute Gasteiger partial charge is 0.271 e. The van der Waals surface area contributed by atoms with Gasteiger partial charge in [-0.2, -0.15) is 0 Å². The van der Waals surface area contributed by atoms with Crippen LogP contribution in [0.3, 0.4) is 0 Å². The first-order valence-corrected chi connectivity index (χ1v) is 7.12. The maximum absolute atomic E-state index is 5.74. The van der Waals surface area contributed by atoms with Crippen LogP contribution >= 0.6 is 15.9 Å². The SMILES string of the molecule is NNC(c1cncc(Br)c1)c1ccc2ccccc2c1. The van der Waals surface area contributed by atoms with E-state index in [1.807, 2.05) is 24.4 Å². The summed E-state index contributed by atoms with van der Waals surface area (Å²) in [6.07, 6.45) is 3.59. The van der Waals surface area contributed by atoms with Gasteiger partial charge in [-0.25, -0.2) is 5.43 Å². The molecule has 0 aliphatic carbocycles. The van der Waals surface area contributed by atoms with E-state index < -0.39 is 0 Å². The Balaban J connectivity index is 2.07. The van der Waals surface area contributed by atoms with Gasteiger partial charge in [0, 0.05) is 16.9 Å². The number of hydrogen-bond donors (Lipinski definition) is 2. The van der Waals surface area contributed by atoms with Crippen molar-refractivity contribution in [2.24, 2.45) is 5.84 Å². The molecule has 1 aromatic heterocycles. The van der Waals surface area contributed by atoms with E-state index in [1.165, 1.54) is 10.8 Å². The number of nitrogens with two attached hydrogens (primary N) is 1. The molecule has 0 spiro atoms. The lowest BCUT2D eigenvalue weighted by Crippen LogP contribution is -2.28. The van der Waals surface area contributed by atoms with E-state index in [1.54, 1.807) is 6.20 Å². The van der Waals surface area contributed by atoms with E-state index in [4.69, 9.17) is 5.84 Å². The first-order chi connectivity index (χ1) is 9.78. The molecule has 2 aromatic carbocycles. The van der Waals surface area contributed by atoms with E-state index in [2.05, 4.69) is 56.7 Å². The van der Waals surface area contributed by atoms with Gasteiger partial charge in [-0.05, 0) is 50.0 Å². The number of halogens is 1. The van der Waals surface area contributed by atoms with E-state index in [-0.39, 0.29) is 6.04 Å². The first kappa shape index (κ1) is 13.2. The monoisotopic (exact) mass is 327 g/mol. The summed E-state index contributed by atoms with van der Waals surface area (Å²) in [7, 11) is 0. The molecule has 0 saturated carbocycles. The summed E-state index contributed by atoms with van der Waals surface area (Å²) in [6, 6.07) is 16.6.